The molecule has 0 bridgehead atoms. The molecule has 1 aliphatic heterocycles. The molecular formula is C16H17N3O4. The number of rotatable bonds is 5. The third kappa shape index (κ3) is 3.68. The van der Waals surface area contributed by atoms with Crippen molar-refractivity contribution in [1.29, 1.82) is 0 Å². The molecule has 0 N–H and O–H groups in total. The van der Waals surface area contributed by atoms with E-state index in [-0.39, 0.29) is 17.5 Å². The summed E-state index contributed by atoms with van der Waals surface area (Å²) < 4.78 is 10.6. The molecule has 7 nitrogen and oxygen atoms in total. The first kappa shape index (κ1) is 15.1. The molecule has 2 amide bonds. The van der Waals surface area contributed by atoms with E-state index in [0.29, 0.717) is 32.8 Å². The molecule has 0 spiro atoms. The van der Waals surface area contributed by atoms with Crippen LogP contribution in [0.4, 0.5) is 0 Å². The number of carbonyl (C=O) groups is 2. The highest BCUT2D eigenvalue weighted by Gasteiger charge is 2.24. The van der Waals surface area contributed by atoms with Gasteiger partial charge in [-0.15, -0.1) is 0 Å². The number of nitrogens with zero attached hydrogens (tertiary/aromatic N) is 3. The Balaban J connectivity index is 1.56. The van der Waals surface area contributed by atoms with Crippen molar-refractivity contribution >= 4 is 12.3 Å². The van der Waals surface area contributed by atoms with Crippen LogP contribution in [0, 0.1) is 0 Å². The van der Waals surface area contributed by atoms with Gasteiger partial charge in [-0.3, -0.25) is 9.59 Å². The molecule has 2 heterocycles. The van der Waals surface area contributed by atoms with E-state index in [1.807, 2.05) is 30.3 Å². The molecule has 1 aromatic carbocycles. The molecule has 120 valence electrons. The first-order chi connectivity index (χ1) is 11.3. The summed E-state index contributed by atoms with van der Waals surface area (Å²) in [7, 11) is 0. The lowest BCUT2D eigenvalue weighted by molar-refractivity contribution is -0.119. The van der Waals surface area contributed by atoms with Crippen LogP contribution < -0.4 is 4.74 Å². The average molecular weight is 315 g/mol. The minimum Gasteiger partial charge on any atom is -0.471 e. The Morgan fingerprint density at radius 2 is 1.96 bits per heavy atom. The van der Waals surface area contributed by atoms with Gasteiger partial charge in [0.25, 0.3) is 11.8 Å². The van der Waals surface area contributed by atoms with Gasteiger partial charge in [0.1, 0.15) is 6.61 Å². The van der Waals surface area contributed by atoms with E-state index in [4.69, 9.17) is 9.26 Å². The van der Waals surface area contributed by atoms with Crippen molar-refractivity contribution in [2.75, 3.05) is 26.2 Å². The van der Waals surface area contributed by atoms with Crippen molar-refractivity contribution in [3.8, 4) is 5.88 Å². The fourth-order valence-electron chi connectivity index (χ4n) is 2.35. The molecular weight excluding hydrogens is 298 g/mol. The SMILES string of the molecule is O=CN1CCN(C(=O)c2cc(OCc3ccccc3)no2)CC1. The Labute approximate surface area is 133 Å². The maximum Gasteiger partial charge on any atom is 0.292 e. The molecule has 0 unspecified atom stereocenters. The van der Waals surface area contributed by atoms with E-state index in [1.54, 1.807) is 9.80 Å². The molecule has 0 saturated carbocycles. The third-order valence-corrected chi connectivity index (χ3v) is 3.68. The van der Waals surface area contributed by atoms with Crippen LogP contribution >= 0.6 is 0 Å². The van der Waals surface area contributed by atoms with Crippen molar-refractivity contribution in [2.45, 2.75) is 6.61 Å². The van der Waals surface area contributed by atoms with Gasteiger partial charge in [0.05, 0.1) is 6.07 Å². The van der Waals surface area contributed by atoms with Crippen LogP contribution in [-0.4, -0.2) is 53.5 Å². The minimum absolute atomic E-state index is 0.146. The quantitative estimate of drug-likeness (QED) is 0.774. The Bertz CT molecular complexity index is 663. The monoisotopic (exact) mass is 315 g/mol. The lowest BCUT2D eigenvalue weighted by atomic mass is 10.2. The lowest BCUT2D eigenvalue weighted by Crippen LogP contribution is -2.48. The Kier molecular flexibility index (Phi) is 4.56. The largest absolute Gasteiger partial charge is 0.471 e. The van der Waals surface area contributed by atoms with Gasteiger partial charge in [-0.1, -0.05) is 30.3 Å². The fraction of sp³-hybridized carbons (Fsp3) is 0.312. The molecule has 1 fully saturated rings. The van der Waals surface area contributed by atoms with E-state index < -0.39 is 0 Å². The highest BCUT2D eigenvalue weighted by Crippen LogP contribution is 2.16. The van der Waals surface area contributed by atoms with E-state index in [1.165, 1.54) is 6.07 Å². The van der Waals surface area contributed by atoms with E-state index >= 15 is 0 Å². The summed E-state index contributed by atoms with van der Waals surface area (Å²) in [5.74, 6) is 0.189. The van der Waals surface area contributed by atoms with E-state index in [9.17, 15) is 9.59 Å². The fourth-order valence-corrected chi connectivity index (χ4v) is 2.35. The Morgan fingerprint density at radius 3 is 2.65 bits per heavy atom. The average Bonchev–Trinajstić information content (AvgIpc) is 3.09. The molecule has 0 atom stereocenters. The number of aromatic nitrogens is 1. The molecule has 0 radical (unpaired) electrons. The van der Waals surface area contributed by atoms with Gasteiger partial charge >= 0.3 is 0 Å². The molecule has 3 rings (SSSR count). The molecule has 1 saturated heterocycles. The van der Waals surface area contributed by atoms with Gasteiger partial charge < -0.3 is 19.1 Å². The smallest absolute Gasteiger partial charge is 0.292 e. The Morgan fingerprint density at radius 1 is 1.22 bits per heavy atom. The van der Waals surface area contributed by atoms with E-state index in [2.05, 4.69) is 5.16 Å². The topological polar surface area (TPSA) is 75.9 Å². The maximum atomic E-state index is 12.3. The number of carbonyl (C=O) groups excluding carboxylic acids is 2. The second kappa shape index (κ2) is 6.95. The van der Waals surface area contributed by atoms with E-state index in [0.717, 1.165) is 12.0 Å². The maximum absolute atomic E-state index is 12.3. The Hall–Kier alpha value is -2.83. The van der Waals surface area contributed by atoms with Gasteiger partial charge in [0.2, 0.25) is 12.2 Å². The van der Waals surface area contributed by atoms with Crippen molar-refractivity contribution in [3.63, 3.8) is 0 Å². The van der Waals surface area contributed by atoms with Crippen LogP contribution in [-0.2, 0) is 11.4 Å². The normalized spacial score (nSPS) is 14.6. The third-order valence-electron chi connectivity index (χ3n) is 3.68. The number of benzene rings is 1. The highest BCUT2D eigenvalue weighted by atomic mass is 16.5. The number of hydrogen-bond acceptors (Lipinski definition) is 5. The molecule has 7 heteroatoms. The predicted octanol–water partition coefficient (Wildman–Crippen LogP) is 1.17. The first-order valence-corrected chi connectivity index (χ1v) is 7.38. The summed E-state index contributed by atoms with van der Waals surface area (Å²) in [4.78, 5) is 26.3. The summed E-state index contributed by atoms with van der Waals surface area (Å²) in [6, 6.07) is 11.2. The zero-order valence-corrected chi connectivity index (χ0v) is 12.6. The minimum atomic E-state index is -0.238. The predicted molar refractivity (Wildman–Crippen MR) is 80.8 cm³/mol. The molecule has 1 aromatic heterocycles. The van der Waals surface area contributed by atoms with Gasteiger partial charge in [-0.05, 0) is 10.7 Å². The van der Waals surface area contributed by atoms with Gasteiger partial charge in [0, 0.05) is 26.2 Å². The number of hydrogen-bond donors (Lipinski definition) is 0. The van der Waals surface area contributed by atoms with Gasteiger partial charge in [-0.2, -0.15) is 0 Å². The summed E-state index contributed by atoms with van der Waals surface area (Å²) in [5, 5.41) is 3.77. The van der Waals surface area contributed by atoms with Crippen molar-refractivity contribution < 1.29 is 18.8 Å². The second-order valence-corrected chi connectivity index (χ2v) is 5.24. The molecule has 2 aromatic rings. The second-order valence-electron chi connectivity index (χ2n) is 5.24. The van der Waals surface area contributed by atoms with Crippen molar-refractivity contribution in [3.05, 3.63) is 47.7 Å². The molecule has 23 heavy (non-hydrogen) atoms. The van der Waals surface area contributed by atoms with Gasteiger partial charge in [0.15, 0.2) is 0 Å². The van der Waals surface area contributed by atoms with Crippen LogP contribution in [0.3, 0.4) is 0 Å². The van der Waals surface area contributed by atoms with Gasteiger partial charge in [-0.25, -0.2) is 0 Å². The van der Waals surface area contributed by atoms with Crippen LogP contribution in [0.25, 0.3) is 0 Å². The summed E-state index contributed by atoms with van der Waals surface area (Å²) in [6.45, 7) is 2.39. The van der Waals surface area contributed by atoms with Crippen LogP contribution in [0.15, 0.2) is 40.9 Å². The van der Waals surface area contributed by atoms with Crippen LogP contribution in [0.2, 0.25) is 0 Å². The summed E-state index contributed by atoms with van der Waals surface area (Å²) in [5.41, 5.74) is 1.01. The van der Waals surface area contributed by atoms with Crippen molar-refractivity contribution in [2.24, 2.45) is 0 Å². The molecule has 0 aliphatic carbocycles. The summed E-state index contributed by atoms with van der Waals surface area (Å²) in [6.07, 6.45) is 0.797. The van der Waals surface area contributed by atoms with Crippen LogP contribution in [0.5, 0.6) is 5.88 Å². The zero-order valence-electron chi connectivity index (χ0n) is 12.6. The lowest BCUT2D eigenvalue weighted by Gasteiger charge is -2.31. The van der Waals surface area contributed by atoms with Crippen LogP contribution in [0.1, 0.15) is 16.1 Å². The standard InChI is InChI=1S/C16H17N3O4/c20-12-18-6-8-19(9-7-18)16(21)14-10-15(17-23-14)22-11-13-4-2-1-3-5-13/h1-5,10,12H,6-9,11H2. The molecule has 1 aliphatic rings. The number of amides is 2. The highest BCUT2D eigenvalue weighted by molar-refractivity contribution is 5.91. The number of ether oxygens (including phenoxy) is 1. The van der Waals surface area contributed by atoms with Crippen molar-refractivity contribution in [1.82, 2.24) is 15.0 Å². The number of piperazine rings is 1. The summed E-state index contributed by atoms with van der Waals surface area (Å²) >= 11 is 0. The zero-order chi connectivity index (χ0) is 16.1. The first-order valence-electron chi connectivity index (χ1n) is 7.38.